The number of halogens is 2. The summed E-state index contributed by atoms with van der Waals surface area (Å²) in [7, 11) is -3.62. The molecule has 2 aromatic rings. The van der Waals surface area contributed by atoms with Crippen LogP contribution in [0.1, 0.15) is 0 Å². The average molecular weight is 398 g/mol. The molecule has 1 N–H and O–H groups in total. The van der Waals surface area contributed by atoms with Crippen LogP contribution in [0, 0.1) is 0 Å². The highest BCUT2D eigenvalue weighted by molar-refractivity contribution is 9.11. The Balaban J connectivity index is 2.41. The van der Waals surface area contributed by atoms with Gasteiger partial charge in [-0.05, 0) is 34.1 Å². The molecule has 0 bridgehead atoms. The number of nitrogens with zero attached hydrogens (tertiary/aromatic N) is 1. The Labute approximate surface area is 119 Å². The van der Waals surface area contributed by atoms with Gasteiger partial charge in [-0.3, -0.25) is 4.72 Å². The Morgan fingerprint density at radius 2 is 2.06 bits per heavy atom. The van der Waals surface area contributed by atoms with E-state index >= 15 is 0 Å². The van der Waals surface area contributed by atoms with E-state index in [1.807, 2.05) is 0 Å². The van der Waals surface area contributed by atoms with Crippen LogP contribution in [0.3, 0.4) is 0 Å². The first kappa shape index (κ1) is 13.0. The van der Waals surface area contributed by atoms with Crippen molar-refractivity contribution >= 4 is 58.4 Å². The lowest BCUT2D eigenvalue weighted by Crippen LogP contribution is -2.13. The second-order valence-corrected chi connectivity index (χ2v) is 7.33. The molecule has 1 aromatic carbocycles. The van der Waals surface area contributed by atoms with Crippen LogP contribution in [0.2, 0.25) is 0 Å². The van der Waals surface area contributed by atoms with Crippen molar-refractivity contribution in [2.75, 3.05) is 4.72 Å². The van der Waals surface area contributed by atoms with Crippen molar-refractivity contribution in [2.45, 2.75) is 4.90 Å². The van der Waals surface area contributed by atoms with E-state index in [9.17, 15) is 8.42 Å². The fourth-order valence-corrected chi connectivity index (χ4v) is 4.42. The zero-order chi connectivity index (χ0) is 12.5. The highest BCUT2D eigenvalue weighted by atomic mass is 79.9. The third-order valence-corrected chi connectivity index (χ3v) is 5.48. The van der Waals surface area contributed by atoms with E-state index in [0.717, 1.165) is 0 Å². The van der Waals surface area contributed by atoms with Crippen molar-refractivity contribution in [1.82, 2.24) is 4.98 Å². The van der Waals surface area contributed by atoms with Crippen molar-refractivity contribution in [1.29, 1.82) is 0 Å². The summed E-state index contributed by atoms with van der Waals surface area (Å²) < 4.78 is 27.8. The van der Waals surface area contributed by atoms with E-state index in [2.05, 4.69) is 41.6 Å². The van der Waals surface area contributed by atoms with Gasteiger partial charge >= 0.3 is 0 Å². The summed E-state index contributed by atoms with van der Waals surface area (Å²) in [6, 6.07) is 4.95. The second kappa shape index (κ2) is 5.05. The normalized spacial score (nSPS) is 11.4. The monoisotopic (exact) mass is 396 g/mol. The molecule has 1 heterocycles. The van der Waals surface area contributed by atoms with Crippen molar-refractivity contribution < 1.29 is 8.42 Å². The van der Waals surface area contributed by atoms with Gasteiger partial charge in [-0.25, -0.2) is 13.4 Å². The van der Waals surface area contributed by atoms with Gasteiger partial charge in [-0.15, -0.1) is 11.3 Å². The van der Waals surface area contributed by atoms with Crippen molar-refractivity contribution in [2.24, 2.45) is 0 Å². The number of sulfonamides is 1. The van der Waals surface area contributed by atoms with Gasteiger partial charge in [0.1, 0.15) is 4.90 Å². The molecule has 0 saturated carbocycles. The summed E-state index contributed by atoms with van der Waals surface area (Å²) in [6.07, 6.45) is 1.54. The van der Waals surface area contributed by atoms with Crippen LogP contribution in [0.25, 0.3) is 0 Å². The lowest BCUT2D eigenvalue weighted by Gasteiger charge is -2.07. The van der Waals surface area contributed by atoms with E-state index in [1.54, 1.807) is 23.7 Å². The molecule has 0 aliphatic carbocycles. The molecule has 0 unspecified atom stereocenters. The van der Waals surface area contributed by atoms with Crippen LogP contribution in [0.5, 0.6) is 0 Å². The molecule has 0 fully saturated rings. The van der Waals surface area contributed by atoms with Crippen LogP contribution >= 0.6 is 43.2 Å². The number of aromatic nitrogens is 1. The van der Waals surface area contributed by atoms with Gasteiger partial charge < -0.3 is 0 Å². The molecule has 0 radical (unpaired) electrons. The van der Waals surface area contributed by atoms with Crippen LogP contribution in [-0.4, -0.2) is 13.4 Å². The van der Waals surface area contributed by atoms with Gasteiger partial charge in [0.05, 0.1) is 0 Å². The van der Waals surface area contributed by atoms with E-state index < -0.39 is 10.0 Å². The number of thiazole rings is 1. The molecular weight excluding hydrogens is 392 g/mol. The number of hydrogen-bond acceptors (Lipinski definition) is 4. The zero-order valence-electron chi connectivity index (χ0n) is 8.22. The summed E-state index contributed by atoms with van der Waals surface area (Å²) in [5, 5.41) is 2.05. The van der Waals surface area contributed by atoms with Crippen molar-refractivity contribution in [3.8, 4) is 0 Å². The minimum Gasteiger partial charge on any atom is -0.255 e. The quantitative estimate of drug-likeness (QED) is 0.862. The molecule has 0 amide bonds. The molecule has 8 heteroatoms. The van der Waals surface area contributed by atoms with Crippen LogP contribution in [-0.2, 0) is 10.0 Å². The number of benzene rings is 1. The molecule has 0 spiro atoms. The van der Waals surface area contributed by atoms with Gasteiger partial charge in [-0.2, -0.15) is 0 Å². The highest BCUT2D eigenvalue weighted by Gasteiger charge is 2.19. The molecule has 0 atom stereocenters. The fourth-order valence-electron chi connectivity index (χ4n) is 1.13. The van der Waals surface area contributed by atoms with E-state index in [1.165, 1.54) is 17.4 Å². The minimum absolute atomic E-state index is 0.169. The Bertz CT molecular complexity index is 626. The largest absolute Gasteiger partial charge is 0.264 e. The van der Waals surface area contributed by atoms with Gasteiger partial charge in [-0.1, -0.05) is 15.9 Å². The zero-order valence-corrected chi connectivity index (χ0v) is 13.0. The first-order chi connectivity index (χ1) is 7.99. The molecule has 2 rings (SSSR count). The van der Waals surface area contributed by atoms with Crippen LogP contribution in [0.4, 0.5) is 5.13 Å². The van der Waals surface area contributed by atoms with Crippen molar-refractivity contribution in [3.63, 3.8) is 0 Å². The number of hydrogen-bond donors (Lipinski definition) is 1. The number of anilines is 1. The van der Waals surface area contributed by atoms with Crippen LogP contribution < -0.4 is 4.72 Å². The molecule has 0 aliphatic heterocycles. The predicted octanol–water partition coefficient (Wildman–Crippen LogP) is 3.47. The Morgan fingerprint density at radius 3 is 2.71 bits per heavy atom. The van der Waals surface area contributed by atoms with Gasteiger partial charge in [0.15, 0.2) is 5.13 Å². The van der Waals surface area contributed by atoms with E-state index in [-0.39, 0.29) is 4.90 Å². The van der Waals surface area contributed by atoms with Crippen molar-refractivity contribution in [3.05, 3.63) is 38.7 Å². The van der Waals surface area contributed by atoms with E-state index in [0.29, 0.717) is 14.1 Å². The average Bonchev–Trinajstić information content (AvgIpc) is 2.73. The summed E-state index contributed by atoms with van der Waals surface area (Å²) in [5.41, 5.74) is 0. The molecule has 0 saturated heterocycles. The maximum absolute atomic E-state index is 12.1. The maximum Gasteiger partial charge on any atom is 0.264 e. The standard InChI is InChI=1S/C9H6Br2N2O2S2/c10-6-1-2-7(11)8(5-6)17(14,15)13-9-12-3-4-16-9/h1-5H,(H,12,13). The first-order valence-electron chi connectivity index (χ1n) is 4.36. The summed E-state index contributed by atoms with van der Waals surface area (Å²) in [5.74, 6) is 0. The second-order valence-electron chi connectivity index (χ2n) is 3.02. The Kier molecular flexibility index (Phi) is 3.86. The SMILES string of the molecule is O=S(=O)(Nc1nccs1)c1cc(Br)ccc1Br. The summed E-state index contributed by atoms with van der Waals surface area (Å²) in [4.78, 5) is 4.05. The van der Waals surface area contributed by atoms with E-state index in [4.69, 9.17) is 0 Å². The summed E-state index contributed by atoms with van der Waals surface area (Å²) in [6.45, 7) is 0. The third kappa shape index (κ3) is 3.06. The lowest BCUT2D eigenvalue weighted by molar-refractivity contribution is 0.600. The first-order valence-corrected chi connectivity index (χ1v) is 8.31. The van der Waals surface area contributed by atoms with Crippen LogP contribution in [0.15, 0.2) is 43.6 Å². The molecule has 17 heavy (non-hydrogen) atoms. The third-order valence-electron chi connectivity index (χ3n) is 1.84. The smallest absolute Gasteiger partial charge is 0.255 e. The molecule has 0 aliphatic rings. The van der Waals surface area contributed by atoms with Gasteiger partial charge in [0, 0.05) is 20.5 Å². The maximum atomic E-state index is 12.1. The number of rotatable bonds is 3. The predicted molar refractivity (Wildman–Crippen MR) is 74.8 cm³/mol. The fraction of sp³-hybridized carbons (Fsp3) is 0. The topological polar surface area (TPSA) is 59.1 Å². The Hall–Kier alpha value is -0.440. The summed E-state index contributed by atoms with van der Waals surface area (Å²) >= 11 is 7.68. The molecular formula is C9H6Br2N2O2S2. The van der Waals surface area contributed by atoms with Gasteiger partial charge in [0.2, 0.25) is 0 Å². The van der Waals surface area contributed by atoms with Gasteiger partial charge in [0.25, 0.3) is 10.0 Å². The molecule has 1 aromatic heterocycles. The minimum atomic E-state index is -3.62. The highest BCUT2D eigenvalue weighted by Crippen LogP contribution is 2.27. The Morgan fingerprint density at radius 1 is 1.29 bits per heavy atom. The molecule has 4 nitrogen and oxygen atoms in total. The number of nitrogens with one attached hydrogen (secondary N) is 1. The lowest BCUT2D eigenvalue weighted by atomic mass is 10.4. The molecule has 90 valence electrons.